The molecule has 0 saturated carbocycles. The summed E-state index contributed by atoms with van der Waals surface area (Å²) in [7, 11) is 0. The van der Waals surface area contributed by atoms with Gasteiger partial charge in [0.05, 0.1) is 5.56 Å². The van der Waals surface area contributed by atoms with Crippen molar-refractivity contribution in [3.8, 4) is 5.75 Å². The monoisotopic (exact) mass is 320 g/mol. The Morgan fingerprint density at radius 2 is 2.04 bits per heavy atom. The molecule has 0 spiro atoms. The average Bonchev–Trinajstić information content (AvgIpc) is 2.99. The number of rotatable bonds is 4. The third-order valence-corrected chi connectivity index (χ3v) is 5.59. The zero-order valence-corrected chi connectivity index (χ0v) is 14.3. The van der Waals surface area contributed by atoms with E-state index in [9.17, 15) is 4.79 Å². The highest BCUT2D eigenvalue weighted by molar-refractivity contribution is 6.04. The van der Waals surface area contributed by atoms with Gasteiger partial charge in [0.1, 0.15) is 5.75 Å². The number of hydrogen-bond acceptors (Lipinski definition) is 2. The Morgan fingerprint density at radius 1 is 1.21 bits per heavy atom. The Morgan fingerprint density at radius 3 is 2.83 bits per heavy atom. The Balaban J connectivity index is 1.54. The molecule has 0 saturated heterocycles. The first-order valence-corrected chi connectivity index (χ1v) is 9.13. The van der Waals surface area contributed by atoms with Crippen molar-refractivity contribution in [2.45, 2.75) is 45.4 Å². The van der Waals surface area contributed by atoms with Gasteiger partial charge in [0, 0.05) is 0 Å². The van der Waals surface area contributed by atoms with E-state index in [0.717, 1.165) is 42.9 Å². The molecule has 2 heteroatoms. The minimum absolute atomic E-state index is 0.163. The van der Waals surface area contributed by atoms with Crippen molar-refractivity contribution < 1.29 is 9.53 Å². The molecule has 4 rings (SSSR count). The predicted octanol–water partition coefficient (Wildman–Crippen LogP) is 4.56. The summed E-state index contributed by atoms with van der Waals surface area (Å²) in [6.45, 7) is 2.38. The smallest absolute Gasteiger partial charge is 0.204 e. The minimum Gasteiger partial charge on any atom is -0.485 e. The van der Waals surface area contributed by atoms with Crippen molar-refractivity contribution in [1.82, 2.24) is 0 Å². The SMILES string of the molecule is CCc1c2c(cc3c1C(=O)CO3)CC(CCc1ccccc1)CC2. The van der Waals surface area contributed by atoms with E-state index < -0.39 is 0 Å². The van der Waals surface area contributed by atoms with Crippen LogP contribution in [-0.4, -0.2) is 12.4 Å². The van der Waals surface area contributed by atoms with Gasteiger partial charge in [0.2, 0.25) is 5.78 Å². The first kappa shape index (κ1) is 15.4. The molecule has 2 aliphatic rings. The topological polar surface area (TPSA) is 26.3 Å². The maximum Gasteiger partial charge on any atom is 0.204 e. The molecule has 2 nitrogen and oxygen atoms in total. The molecule has 0 aromatic heterocycles. The number of Topliss-reactive ketones (excluding diaryl/α,β-unsaturated/α-hetero) is 1. The molecule has 0 radical (unpaired) electrons. The highest BCUT2D eigenvalue weighted by Crippen LogP contribution is 2.39. The number of carbonyl (C=O) groups is 1. The summed E-state index contributed by atoms with van der Waals surface area (Å²) in [6.07, 6.45) is 6.79. The minimum atomic E-state index is 0.163. The molecule has 1 heterocycles. The van der Waals surface area contributed by atoms with E-state index in [1.54, 1.807) is 0 Å². The molecule has 0 N–H and O–H groups in total. The van der Waals surface area contributed by atoms with Crippen LogP contribution in [0.2, 0.25) is 0 Å². The van der Waals surface area contributed by atoms with Gasteiger partial charge in [0.25, 0.3) is 0 Å². The van der Waals surface area contributed by atoms with E-state index in [1.165, 1.54) is 35.1 Å². The third-order valence-electron chi connectivity index (χ3n) is 5.59. The van der Waals surface area contributed by atoms with Crippen LogP contribution in [0.4, 0.5) is 0 Å². The molecular formula is C22H24O2. The lowest BCUT2D eigenvalue weighted by atomic mass is 9.77. The largest absolute Gasteiger partial charge is 0.485 e. The lowest BCUT2D eigenvalue weighted by Crippen LogP contribution is -2.18. The van der Waals surface area contributed by atoms with E-state index >= 15 is 0 Å². The van der Waals surface area contributed by atoms with Crippen LogP contribution >= 0.6 is 0 Å². The summed E-state index contributed by atoms with van der Waals surface area (Å²) < 4.78 is 5.63. The van der Waals surface area contributed by atoms with Crippen LogP contribution in [0, 0.1) is 5.92 Å². The lowest BCUT2D eigenvalue weighted by Gasteiger charge is -2.27. The maximum absolute atomic E-state index is 12.1. The third kappa shape index (κ3) is 2.75. The predicted molar refractivity (Wildman–Crippen MR) is 95.9 cm³/mol. The lowest BCUT2D eigenvalue weighted by molar-refractivity contribution is 0.0960. The van der Waals surface area contributed by atoms with Gasteiger partial charge in [-0.3, -0.25) is 4.79 Å². The van der Waals surface area contributed by atoms with Crippen molar-refractivity contribution in [2.75, 3.05) is 6.61 Å². The van der Waals surface area contributed by atoms with Gasteiger partial charge in [-0.1, -0.05) is 37.3 Å². The first-order chi connectivity index (χ1) is 11.8. The zero-order chi connectivity index (χ0) is 16.5. The van der Waals surface area contributed by atoms with Crippen LogP contribution in [-0.2, 0) is 25.7 Å². The maximum atomic E-state index is 12.1. The Bertz CT molecular complexity index is 761. The quantitative estimate of drug-likeness (QED) is 0.825. The van der Waals surface area contributed by atoms with Gasteiger partial charge in [-0.25, -0.2) is 0 Å². The molecule has 0 amide bonds. The molecule has 1 unspecified atom stereocenters. The number of fused-ring (bicyclic) bond motifs is 2. The second kappa shape index (κ2) is 6.43. The van der Waals surface area contributed by atoms with E-state index in [2.05, 4.69) is 43.3 Å². The molecule has 2 aromatic rings. The van der Waals surface area contributed by atoms with Crippen molar-refractivity contribution in [2.24, 2.45) is 5.92 Å². The Hall–Kier alpha value is -2.09. The number of ether oxygens (including phenoxy) is 1. The van der Waals surface area contributed by atoms with Crippen molar-refractivity contribution in [3.63, 3.8) is 0 Å². The second-order valence-electron chi connectivity index (χ2n) is 7.06. The van der Waals surface area contributed by atoms with Crippen LogP contribution in [0.1, 0.15) is 52.4 Å². The summed E-state index contributed by atoms with van der Waals surface area (Å²) in [5, 5.41) is 0. The van der Waals surface area contributed by atoms with E-state index in [0.29, 0.717) is 0 Å². The Kier molecular flexibility index (Phi) is 4.13. The van der Waals surface area contributed by atoms with Crippen LogP contribution in [0.3, 0.4) is 0 Å². The highest BCUT2D eigenvalue weighted by atomic mass is 16.5. The van der Waals surface area contributed by atoms with E-state index in [-0.39, 0.29) is 12.4 Å². The van der Waals surface area contributed by atoms with Crippen LogP contribution in [0.5, 0.6) is 5.75 Å². The summed E-state index contributed by atoms with van der Waals surface area (Å²) in [5.41, 5.74) is 6.42. The standard InChI is InChI=1S/C22H24O2/c1-2-18-19-11-10-16(9-8-15-6-4-3-5-7-15)12-17(19)13-21-22(18)20(23)14-24-21/h3-7,13,16H,2,8-12,14H2,1H3. The van der Waals surface area contributed by atoms with Gasteiger partial charge in [-0.05, 0) is 72.8 Å². The summed E-state index contributed by atoms with van der Waals surface area (Å²) in [6, 6.07) is 12.9. The fourth-order valence-electron chi connectivity index (χ4n) is 4.35. The van der Waals surface area contributed by atoms with E-state index in [4.69, 9.17) is 4.74 Å². The summed E-state index contributed by atoms with van der Waals surface area (Å²) >= 11 is 0. The second-order valence-corrected chi connectivity index (χ2v) is 7.06. The number of aryl methyl sites for hydroxylation is 1. The van der Waals surface area contributed by atoms with Crippen LogP contribution < -0.4 is 4.74 Å². The number of carbonyl (C=O) groups excluding carboxylic acids is 1. The molecular weight excluding hydrogens is 296 g/mol. The number of hydrogen-bond donors (Lipinski definition) is 0. The zero-order valence-electron chi connectivity index (χ0n) is 14.3. The average molecular weight is 320 g/mol. The molecule has 1 aliphatic heterocycles. The molecule has 2 aromatic carbocycles. The fourth-order valence-corrected chi connectivity index (χ4v) is 4.35. The van der Waals surface area contributed by atoms with Gasteiger partial charge in [-0.15, -0.1) is 0 Å². The van der Waals surface area contributed by atoms with Crippen molar-refractivity contribution in [3.05, 3.63) is 64.2 Å². The molecule has 1 atom stereocenters. The van der Waals surface area contributed by atoms with Gasteiger partial charge < -0.3 is 4.74 Å². The van der Waals surface area contributed by atoms with Gasteiger partial charge >= 0.3 is 0 Å². The normalized spacial score (nSPS) is 18.9. The van der Waals surface area contributed by atoms with Crippen molar-refractivity contribution in [1.29, 1.82) is 0 Å². The molecule has 24 heavy (non-hydrogen) atoms. The summed E-state index contributed by atoms with van der Waals surface area (Å²) in [5.74, 6) is 1.73. The molecule has 0 bridgehead atoms. The first-order valence-electron chi connectivity index (χ1n) is 9.13. The molecule has 1 aliphatic carbocycles. The molecule has 0 fully saturated rings. The molecule has 124 valence electrons. The van der Waals surface area contributed by atoms with Gasteiger partial charge in [0.15, 0.2) is 6.61 Å². The van der Waals surface area contributed by atoms with Gasteiger partial charge in [-0.2, -0.15) is 0 Å². The number of benzene rings is 2. The van der Waals surface area contributed by atoms with Crippen LogP contribution in [0.15, 0.2) is 36.4 Å². The van der Waals surface area contributed by atoms with Crippen LogP contribution in [0.25, 0.3) is 0 Å². The van der Waals surface area contributed by atoms with E-state index in [1.807, 2.05) is 0 Å². The summed E-state index contributed by atoms with van der Waals surface area (Å²) in [4.78, 5) is 12.1. The number of ketones is 1. The van der Waals surface area contributed by atoms with Crippen molar-refractivity contribution >= 4 is 5.78 Å². The Labute approximate surface area is 143 Å². The highest BCUT2D eigenvalue weighted by Gasteiger charge is 2.30. The fraction of sp³-hybridized carbons (Fsp3) is 0.409.